The van der Waals surface area contributed by atoms with Crippen LogP contribution >= 0.6 is 15.9 Å². The largest absolute Gasteiger partial charge is 0.334 e. The Bertz CT molecular complexity index is 596. The van der Waals surface area contributed by atoms with E-state index < -0.39 is 10.0 Å². The van der Waals surface area contributed by atoms with Crippen molar-refractivity contribution >= 4 is 32.0 Å². The Labute approximate surface area is 133 Å². The minimum absolute atomic E-state index is 0.161. The molecular weight excluding hydrogens is 358 g/mol. The number of carbonyl (C=O) groups is 1. The van der Waals surface area contributed by atoms with Crippen LogP contribution in [0.4, 0.5) is 4.79 Å². The molecule has 6 nitrogen and oxygen atoms in total. The Morgan fingerprint density at radius 1 is 1.19 bits per heavy atom. The standard InChI is InChI=1S/C13H18BrN3O3S/c1-21(19,20)17-8-6-16(7-9-17)13(18)15-10-11-2-4-12(14)5-3-11/h2-5H,6-10H2,1H3,(H,15,18). The Morgan fingerprint density at radius 3 is 2.29 bits per heavy atom. The van der Waals surface area contributed by atoms with Gasteiger partial charge in [0.25, 0.3) is 0 Å². The normalized spacial score (nSPS) is 16.8. The highest BCUT2D eigenvalue weighted by atomic mass is 79.9. The molecule has 1 aliphatic rings. The molecule has 1 N–H and O–H groups in total. The average molecular weight is 376 g/mol. The summed E-state index contributed by atoms with van der Waals surface area (Å²) in [6.07, 6.45) is 1.19. The predicted molar refractivity (Wildman–Crippen MR) is 84.4 cm³/mol. The molecule has 21 heavy (non-hydrogen) atoms. The van der Waals surface area contributed by atoms with Gasteiger partial charge in [-0.25, -0.2) is 13.2 Å². The van der Waals surface area contributed by atoms with Crippen molar-refractivity contribution in [1.29, 1.82) is 0 Å². The number of nitrogens with one attached hydrogen (secondary N) is 1. The third-order valence-electron chi connectivity index (χ3n) is 3.35. The summed E-state index contributed by atoms with van der Waals surface area (Å²) in [7, 11) is -3.16. The maximum absolute atomic E-state index is 12.0. The van der Waals surface area contributed by atoms with Crippen LogP contribution in [-0.4, -0.2) is 56.1 Å². The molecule has 116 valence electrons. The number of urea groups is 1. The van der Waals surface area contributed by atoms with E-state index in [1.165, 1.54) is 10.6 Å². The van der Waals surface area contributed by atoms with Gasteiger partial charge in [-0.1, -0.05) is 28.1 Å². The first-order chi connectivity index (χ1) is 9.86. The number of hydrogen-bond donors (Lipinski definition) is 1. The van der Waals surface area contributed by atoms with E-state index in [-0.39, 0.29) is 6.03 Å². The van der Waals surface area contributed by atoms with E-state index in [0.717, 1.165) is 10.0 Å². The van der Waals surface area contributed by atoms with Crippen molar-refractivity contribution in [1.82, 2.24) is 14.5 Å². The fraction of sp³-hybridized carbons (Fsp3) is 0.462. The predicted octanol–water partition coefficient (Wildman–Crippen LogP) is 1.24. The number of piperazine rings is 1. The number of rotatable bonds is 3. The first kappa shape index (κ1) is 16.3. The smallest absolute Gasteiger partial charge is 0.317 e. The Hall–Kier alpha value is -1.12. The van der Waals surface area contributed by atoms with Crippen LogP contribution in [0.3, 0.4) is 0 Å². The second-order valence-electron chi connectivity index (χ2n) is 4.93. The van der Waals surface area contributed by atoms with Crippen molar-refractivity contribution in [2.45, 2.75) is 6.54 Å². The number of hydrogen-bond acceptors (Lipinski definition) is 3. The maximum Gasteiger partial charge on any atom is 0.317 e. The summed E-state index contributed by atoms with van der Waals surface area (Å²) in [5, 5.41) is 2.85. The maximum atomic E-state index is 12.0. The van der Waals surface area contributed by atoms with Crippen molar-refractivity contribution < 1.29 is 13.2 Å². The highest BCUT2D eigenvalue weighted by molar-refractivity contribution is 9.10. The molecule has 0 aliphatic carbocycles. The molecule has 2 amide bonds. The molecule has 0 spiro atoms. The quantitative estimate of drug-likeness (QED) is 0.863. The van der Waals surface area contributed by atoms with Crippen molar-refractivity contribution in [3.05, 3.63) is 34.3 Å². The van der Waals surface area contributed by atoms with E-state index in [9.17, 15) is 13.2 Å². The summed E-state index contributed by atoms with van der Waals surface area (Å²) in [6, 6.07) is 7.56. The monoisotopic (exact) mass is 375 g/mol. The van der Waals surface area contributed by atoms with Crippen molar-refractivity contribution in [3.8, 4) is 0 Å². The fourth-order valence-electron chi connectivity index (χ4n) is 2.11. The highest BCUT2D eigenvalue weighted by Crippen LogP contribution is 2.11. The van der Waals surface area contributed by atoms with Gasteiger partial charge in [-0.05, 0) is 17.7 Å². The van der Waals surface area contributed by atoms with Gasteiger partial charge in [0.1, 0.15) is 0 Å². The lowest BCUT2D eigenvalue weighted by Gasteiger charge is -2.33. The Morgan fingerprint density at radius 2 is 1.76 bits per heavy atom. The summed E-state index contributed by atoms with van der Waals surface area (Å²) < 4.78 is 25.2. The molecule has 1 saturated heterocycles. The molecule has 0 atom stereocenters. The number of sulfonamides is 1. The minimum Gasteiger partial charge on any atom is -0.334 e. The average Bonchev–Trinajstić information content (AvgIpc) is 2.45. The first-order valence-electron chi connectivity index (χ1n) is 6.58. The van der Waals surface area contributed by atoms with Gasteiger partial charge in [-0.2, -0.15) is 4.31 Å². The second kappa shape index (κ2) is 6.76. The van der Waals surface area contributed by atoms with Crippen LogP contribution in [0.1, 0.15) is 5.56 Å². The topological polar surface area (TPSA) is 69.7 Å². The molecule has 1 fully saturated rings. The van der Waals surface area contributed by atoms with Crippen LogP contribution in [0.2, 0.25) is 0 Å². The van der Waals surface area contributed by atoms with Gasteiger partial charge in [0.15, 0.2) is 0 Å². The molecule has 2 rings (SSSR count). The minimum atomic E-state index is -3.16. The van der Waals surface area contributed by atoms with Crippen LogP contribution in [-0.2, 0) is 16.6 Å². The van der Waals surface area contributed by atoms with E-state index in [0.29, 0.717) is 32.7 Å². The van der Waals surface area contributed by atoms with Gasteiger partial charge in [0, 0.05) is 37.2 Å². The summed E-state index contributed by atoms with van der Waals surface area (Å²) in [5.74, 6) is 0. The van der Waals surface area contributed by atoms with Gasteiger partial charge < -0.3 is 10.2 Å². The Kier molecular flexibility index (Phi) is 5.23. The number of nitrogens with zero attached hydrogens (tertiary/aromatic N) is 2. The molecule has 0 radical (unpaired) electrons. The summed E-state index contributed by atoms with van der Waals surface area (Å²) in [4.78, 5) is 13.7. The number of carbonyl (C=O) groups excluding carboxylic acids is 1. The van der Waals surface area contributed by atoms with Crippen molar-refractivity contribution in [3.63, 3.8) is 0 Å². The molecule has 1 aliphatic heterocycles. The van der Waals surface area contributed by atoms with Gasteiger partial charge in [0.05, 0.1) is 6.26 Å². The lowest BCUT2D eigenvalue weighted by molar-refractivity contribution is 0.172. The van der Waals surface area contributed by atoms with Crippen LogP contribution < -0.4 is 5.32 Å². The van der Waals surface area contributed by atoms with E-state index in [4.69, 9.17) is 0 Å². The van der Waals surface area contributed by atoms with Gasteiger partial charge in [-0.3, -0.25) is 0 Å². The summed E-state index contributed by atoms with van der Waals surface area (Å²) in [5.41, 5.74) is 1.02. The molecule has 1 aromatic carbocycles. The zero-order valence-electron chi connectivity index (χ0n) is 11.8. The third-order valence-corrected chi connectivity index (χ3v) is 5.18. The fourth-order valence-corrected chi connectivity index (χ4v) is 3.21. The molecular formula is C13H18BrN3O3S. The summed E-state index contributed by atoms with van der Waals surface area (Å²) >= 11 is 3.36. The van der Waals surface area contributed by atoms with Gasteiger partial charge >= 0.3 is 6.03 Å². The molecule has 0 bridgehead atoms. The highest BCUT2D eigenvalue weighted by Gasteiger charge is 2.25. The van der Waals surface area contributed by atoms with Gasteiger partial charge in [-0.15, -0.1) is 0 Å². The van der Waals surface area contributed by atoms with E-state index in [2.05, 4.69) is 21.2 Å². The van der Waals surface area contributed by atoms with Crippen LogP contribution in [0, 0.1) is 0 Å². The number of halogens is 1. The van der Waals surface area contributed by atoms with Crippen molar-refractivity contribution in [2.24, 2.45) is 0 Å². The molecule has 1 heterocycles. The third kappa shape index (κ3) is 4.69. The lowest BCUT2D eigenvalue weighted by atomic mass is 10.2. The molecule has 1 aromatic rings. The first-order valence-corrected chi connectivity index (χ1v) is 9.23. The van der Waals surface area contributed by atoms with Crippen molar-refractivity contribution in [2.75, 3.05) is 32.4 Å². The van der Waals surface area contributed by atoms with Crippen LogP contribution in [0.25, 0.3) is 0 Å². The lowest BCUT2D eigenvalue weighted by Crippen LogP contribution is -2.52. The number of benzene rings is 1. The summed E-state index contributed by atoms with van der Waals surface area (Å²) in [6.45, 7) is 1.99. The zero-order chi connectivity index (χ0) is 15.5. The molecule has 8 heteroatoms. The van der Waals surface area contributed by atoms with Crippen LogP contribution in [0.5, 0.6) is 0 Å². The van der Waals surface area contributed by atoms with E-state index >= 15 is 0 Å². The molecule has 0 aromatic heterocycles. The van der Waals surface area contributed by atoms with E-state index in [1.807, 2.05) is 24.3 Å². The number of amides is 2. The molecule has 0 unspecified atom stereocenters. The zero-order valence-corrected chi connectivity index (χ0v) is 14.2. The van der Waals surface area contributed by atoms with Gasteiger partial charge in [0.2, 0.25) is 10.0 Å². The molecule has 0 saturated carbocycles. The Balaban J connectivity index is 1.81. The second-order valence-corrected chi connectivity index (χ2v) is 7.83. The van der Waals surface area contributed by atoms with Crippen LogP contribution in [0.15, 0.2) is 28.7 Å². The SMILES string of the molecule is CS(=O)(=O)N1CCN(C(=O)NCc2ccc(Br)cc2)CC1. The van der Waals surface area contributed by atoms with E-state index in [1.54, 1.807) is 4.90 Å².